The van der Waals surface area contributed by atoms with Gasteiger partial charge in [-0.15, -0.1) is 11.3 Å². The van der Waals surface area contributed by atoms with Gasteiger partial charge in [0.1, 0.15) is 16.5 Å². The van der Waals surface area contributed by atoms with Crippen LogP contribution in [0.1, 0.15) is 33.2 Å². The maximum absolute atomic E-state index is 13.5. The van der Waals surface area contributed by atoms with Crippen molar-refractivity contribution in [1.82, 2.24) is 0 Å². The lowest BCUT2D eigenvalue weighted by Crippen LogP contribution is -2.30. The normalized spacial score (nSPS) is 11.7. The molecule has 126 valence electrons. The van der Waals surface area contributed by atoms with Crippen molar-refractivity contribution in [2.75, 3.05) is 5.32 Å². The minimum Gasteiger partial charge on any atom is -0.448 e. The van der Waals surface area contributed by atoms with Gasteiger partial charge in [-0.3, -0.25) is 9.59 Å². The molecule has 8 heteroatoms. The summed E-state index contributed by atoms with van der Waals surface area (Å²) in [7, 11) is 0. The summed E-state index contributed by atoms with van der Waals surface area (Å²) in [5.41, 5.74) is -0.223. The van der Waals surface area contributed by atoms with E-state index in [0.717, 1.165) is 23.5 Å². The van der Waals surface area contributed by atoms with Gasteiger partial charge in [0.05, 0.1) is 10.6 Å². The molecule has 0 spiro atoms. The summed E-state index contributed by atoms with van der Waals surface area (Å²) in [6, 6.07) is 5.59. The third kappa shape index (κ3) is 4.23. The Bertz CT molecular complexity index is 803. The van der Waals surface area contributed by atoms with E-state index in [2.05, 4.69) is 5.32 Å². The lowest BCUT2D eigenvalue weighted by molar-refractivity contribution is -0.123. The molecule has 0 saturated carbocycles. The van der Waals surface area contributed by atoms with Crippen molar-refractivity contribution in [3.05, 3.63) is 51.7 Å². The molecule has 1 unspecified atom stereocenters. The van der Waals surface area contributed by atoms with E-state index in [9.17, 15) is 23.2 Å². The Morgan fingerprint density at radius 2 is 1.79 bits per heavy atom. The third-order valence-electron chi connectivity index (χ3n) is 3.00. The van der Waals surface area contributed by atoms with Crippen LogP contribution in [0.25, 0.3) is 0 Å². The zero-order valence-corrected chi connectivity index (χ0v) is 13.6. The van der Waals surface area contributed by atoms with Crippen LogP contribution in [0.3, 0.4) is 0 Å². The molecule has 5 nitrogen and oxygen atoms in total. The van der Waals surface area contributed by atoms with Crippen LogP contribution >= 0.6 is 11.3 Å². The summed E-state index contributed by atoms with van der Waals surface area (Å²) < 4.78 is 31.3. The van der Waals surface area contributed by atoms with Crippen LogP contribution in [-0.4, -0.2) is 23.8 Å². The SMILES string of the molecule is CC(=O)c1ccc(C(=O)OC(C)C(=O)Nc2ccc(F)cc2F)s1. The molecular weight excluding hydrogens is 340 g/mol. The zero-order valence-electron chi connectivity index (χ0n) is 12.8. The second-order valence-corrected chi connectivity index (χ2v) is 5.96. The molecule has 1 aromatic heterocycles. The smallest absolute Gasteiger partial charge is 0.349 e. The molecule has 0 bridgehead atoms. The number of esters is 1. The molecule has 1 amide bonds. The molecule has 0 aliphatic carbocycles. The van der Waals surface area contributed by atoms with E-state index >= 15 is 0 Å². The fourth-order valence-electron chi connectivity index (χ4n) is 1.73. The van der Waals surface area contributed by atoms with Crippen molar-refractivity contribution < 1.29 is 27.9 Å². The van der Waals surface area contributed by atoms with Crippen LogP contribution in [-0.2, 0) is 9.53 Å². The molecule has 2 aromatic rings. The fourth-order valence-corrected chi connectivity index (χ4v) is 2.52. The number of carbonyl (C=O) groups excluding carboxylic acids is 3. The molecule has 24 heavy (non-hydrogen) atoms. The van der Waals surface area contributed by atoms with Gasteiger partial charge in [0.15, 0.2) is 11.9 Å². The summed E-state index contributed by atoms with van der Waals surface area (Å²) in [5.74, 6) is -3.43. The molecule has 1 atom stereocenters. The van der Waals surface area contributed by atoms with Crippen molar-refractivity contribution in [3.8, 4) is 0 Å². The van der Waals surface area contributed by atoms with Gasteiger partial charge in [0.2, 0.25) is 0 Å². The number of hydrogen-bond donors (Lipinski definition) is 1. The van der Waals surface area contributed by atoms with Gasteiger partial charge < -0.3 is 10.1 Å². The number of ketones is 1. The highest BCUT2D eigenvalue weighted by Crippen LogP contribution is 2.19. The van der Waals surface area contributed by atoms with E-state index in [4.69, 9.17) is 4.74 Å². The first-order valence-corrected chi connectivity index (χ1v) is 7.67. The van der Waals surface area contributed by atoms with Crippen LogP contribution < -0.4 is 5.32 Å². The molecule has 0 saturated heterocycles. The van der Waals surface area contributed by atoms with Crippen LogP contribution in [0, 0.1) is 11.6 Å². The van der Waals surface area contributed by atoms with Crippen LogP contribution in [0.2, 0.25) is 0 Å². The number of hydrogen-bond acceptors (Lipinski definition) is 5. The summed E-state index contributed by atoms with van der Waals surface area (Å²) in [4.78, 5) is 35.6. The molecule has 0 aliphatic heterocycles. The number of rotatable bonds is 5. The minimum atomic E-state index is -1.20. The predicted octanol–water partition coefficient (Wildman–Crippen LogP) is 3.41. The quantitative estimate of drug-likeness (QED) is 0.660. The molecule has 2 rings (SSSR count). The Labute approximate surface area is 140 Å². The van der Waals surface area contributed by atoms with Gasteiger partial charge >= 0.3 is 5.97 Å². The molecule has 1 aromatic carbocycles. The number of carbonyl (C=O) groups is 3. The Morgan fingerprint density at radius 3 is 2.38 bits per heavy atom. The first-order chi connectivity index (χ1) is 11.3. The van der Waals surface area contributed by atoms with Crippen LogP contribution in [0.5, 0.6) is 0 Å². The Balaban J connectivity index is 2.00. The maximum Gasteiger partial charge on any atom is 0.349 e. The highest BCUT2D eigenvalue weighted by Gasteiger charge is 2.21. The maximum atomic E-state index is 13.5. The largest absolute Gasteiger partial charge is 0.448 e. The second-order valence-electron chi connectivity index (χ2n) is 4.88. The molecule has 0 aliphatic rings. The van der Waals surface area contributed by atoms with Gasteiger partial charge in [0.25, 0.3) is 5.91 Å². The lowest BCUT2D eigenvalue weighted by Gasteiger charge is -2.13. The van der Waals surface area contributed by atoms with E-state index in [1.165, 1.54) is 26.0 Å². The van der Waals surface area contributed by atoms with Gasteiger partial charge in [0, 0.05) is 6.07 Å². The molecule has 0 fully saturated rings. The highest BCUT2D eigenvalue weighted by molar-refractivity contribution is 7.15. The summed E-state index contributed by atoms with van der Waals surface area (Å²) in [5, 5.41) is 2.21. The van der Waals surface area contributed by atoms with Crippen LogP contribution in [0.4, 0.5) is 14.5 Å². The topological polar surface area (TPSA) is 72.5 Å². The van der Waals surface area contributed by atoms with Gasteiger partial charge in [-0.05, 0) is 38.1 Å². The van der Waals surface area contributed by atoms with E-state index in [-0.39, 0.29) is 16.3 Å². The van der Waals surface area contributed by atoms with Crippen molar-refractivity contribution >= 4 is 34.7 Å². The van der Waals surface area contributed by atoms with Crippen LogP contribution in [0.15, 0.2) is 30.3 Å². The van der Waals surface area contributed by atoms with Gasteiger partial charge in [-0.25, -0.2) is 13.6 Å². The average molecular weight is 353 g/mol. The number of nitrogens with one attached hydrogen (secondary N) is 1. The van der Waals surface area contributed by atoms with E-state index in [1.807, 2.05) is 0 Å². The van der Waals surface area contributed by atoms with Crippen molar-refractivity contribution in [3.63, 3.8) is 0 Å². The minimum absolute atomic E-state index is 0.174. The molecule has 1 heterocycles. The summed E-state index contributed by atoms with van der Waals surface area (Å²) >= 11 is 0.953. The van der Waals surface area contributed by atoms with E-state index in [0.29, 0.717) is 10.9 Å². The first kappa shape index (κ1) is 17.7. The molecule has 0 radical (unpaired) electrons. The zero-order chi connectivity index (χ0) is 17.9. The number of ether oxygens (including phenoxy) is 1. The predicted molar refractivity (Wildman–Crippen MR) is 84.2 cm³/mol. The Kier molecular flexibility index (Phi) is 5.40. The third-order valence-corrected chi connectivity index (χ3v) is 4.16. The first-order valence-electron chi connectivity index (χ1n) is 6.85. The summed E-state index contributed by atoms with van der Waals surface area (Å²) in [6.07, 6.45) is -1.20. The Hall–Kier alpha value is -2.61. The van der Waals surface area contributed by atoms with Gasteiger partial charge in [-0.2, -0.15) is 0 Å². The van der Waals surface area contributed by atoms with Crippen molar-refractivity contribution in [1.29, 1.82) is 0 Å². The second kappa shape index (κ2) is 7.31. The standard InChI is InChI=1S/C16H13F2NO4S/c1-8(20)13-5-6-14(24-13)16(22)23-9(2)15(21)19-12-4-3-10(17)7-11(12)18/h3-7,9H,1-2H3,(H,19,21). The molecule has 1 N–H and O–H groups in total. The monoisotopic (exact) mass is 353 g/mol. The summed E-state index contributed by atoms with van der Waals surface area (Å²) in [6.45, 7) is 2.68. The van der Waals surface area contributed by atoms with Crippen molar-refractivity contribution in [2.45, 2.75) is 20.0 Å². The highest BCUT2D eigenvalue weighted by atomic mass is 32.1. The number of amides is 1. The van der Waals surface area contributed by atoms with Gasteiger partial charge in [-0.1, -0.05) is 0 Å². The lowest BCUT2D eigenvalue weighted by atomic mass is 10.2. The number of thiophene rings is 1. The van der Waals surface area contributed by atoms with E-state index < -0.39 is 29.6 Å². The average Bonchev–Trinajstić information content (AvgIpc) is 3.00. The Morgan fingerprint density at radius 1 is 1.12 bits per heavy atom. The van der Waals surface area contributed by atoms with E-state index in [1.54, 1.807) is 0 Å². The number of benzene rings is 1. The number of halogens is 2. The number of anilines is 1. The number of Topliss-reactive ketones (excluding diaryl/α,β-unsaturated/α-hetero) is 1. The molecular formula is C16H13F2NO4S. The van der Waals surface area contributed by atoms with Crippen molar-refractivity contribution in [2.24, 2.45) is 0 Å². The fraction of sp³-hybridized carbons (Fsp3) is 0.188.